The number of likely N-dealkylation sites (N-methyl/N-ethyl adjacent to an activating group) is 1. The second kappa shape index (κ2) is 10.0. The van der Waals surface area contributed by atoms with Gasteiger partial charge in [-0.25, -0.2) is 9.59 Å². The van der Waals surface area contributed by atoms with E-state index in [4.69, 9.17) is 10.2 Å². The lowest BCUT2D eigenvalue weighted by atomic mass is 10.1. The lowest BCUT2D eigenvalue weighted by molar-refractivity contribution is -0.140. The fraction of sp³-hybridized carbons (Fsp3) is 0.750. The number of urea groups is 1. The average molecular weight is 289 g/mol. The van der Waals surface area contributed by atoms with E-state index >= 15 is 0 Å². The predicted octanol–water partition coefficient (Wildman–Crippen LogP) is -0.0546. The van der Waals surface area contributed by atoms with E-state index in [0.717, 1.165) is 13.1 Å². The molecule has 8 nitrogen and oxygen atoms in total. The third-order valence-corrected chi connectivity index (χ3v) is 2.86. The number of amides is 2. The number of aliphatic carboxylic acids is 2. The molecule has 20 heavy (non-hydrogen) atoms. The minimum absolute atomic E-state index is 0.145. The highest BCUT2D eigenvalue weighted by molar-refractivity contribution is 5.82. The molecule has 116 valence electrons. The molecule has 1 unspecified atom stereocenters. The number of carboxylic acids is 2. The topological polar surface area (TPSA) is 119 Å². The Morgan fingerprint density at radius 1 is 1.15 bits per heavy atom. The Labute approximate surface area is 118 Å². The molecule has 0 aromatic heterocycles. The molecule has 0 heterocycles. The summed E-state index contributed by atoms with van der Waals surface area (Å²) >= 11 is 0. The SMILES string of the molecule is CCN(CC)CCNC(=O)NC(CCC(=O)O)C(=O)O. The summed E-state index contributed by atoms with van der Waals surface area (Å²) in [6.07, 6.45) is -0.454. The van der Waals surface area contributed by atoms with Crippen molar-refractivity contribution >= 4 is 18.0 Å². The molecule has 0 spiro atoms. The summed E-state index contributed by atoms with van der Waals surface area (Å²) in [4.78, 5) is 34.9. The summed E-state index contributed by atoms with van der Waals surface area (Å²) < 4.78 is 0. The number of hydrogen-bond acceptors (Lipinski definition) is 4. The quantitative estimate of drug-likeness (QED) is 0.447. The molecule has 0 saturated carbocycles. The zero-order valence-corrected chi connectivity index (χ0v) is 11.9. The van der Waals surface area contributed by atoms with Crippen LogP contribution in [0.2, 0.25) is 0 Å². The number of carboxylic acid groups (broad SMARTS) is 2. The van der Waals surface area contributed by atoms with Gasteiger partial charge in [0.25, 0.3) is 0 Å². The smallest absolute Gasteiger partial charge is 0.326 e. The van der Waals surface area contributed by atoms with E-state index in [-0.39, 0.29) is 12.8 Å². The van der Waals surface area contributed by atoms with Gasteiger partial charge in [-0.2, -0.15) is 0 Å². The number of nitrogens with zero attached hydrogens (tertiary/aromatic N) is 1. The highest BCUT2D eigenvalue weighted by Gasteiger charge is 2.20. The van der Waals surface area contributed by atoms with Gasteiger partial charge >= 0.3 is 18.0 Å². The first-order valence-electron chi connectivity index (χ1n) is 6.62. The predicted molar refractivity (Wildman–Crippen MR) is 72.6 cm³/mol. The minimum Gasteiger partial charge on any atom is -0.481 e. The van der Waals surface area contributed by atoms with Gasteiger partial charge in [0.2, 0.25) is 0 Å². The first-order chi connectivity index (χ1) is 9.40. The van der Waals surface area contributed by atoms with Gasteiger partial charge in [0.15, 0.2) is 0 Å². The van der Waals surface area contributed by atoms with Crippen molar-refractivity contribution in [3.05, 3.63) is 0 Å². The molecule has 0 aliphatic rings. The minimum atomic E-state index is -1.25. The monoisotopic (exact) mass is 289 g/mol. The van der Waals surface area contributed by atoms with E-state index in [9.17, 15) is 14.4 Å². The van der Waals surface area contributed by atoms with Crippen LogP contribution in [-0.2, 0) is 9.59 Å². The van der Waals surface area contributed by atoms with Gasteiger partial charge < -0.3 is 25.7 Å². The maximum Gasteiger partial charge on any atom is 0.326 e. The Morgan fingerprint density at radius 2 is 1.75 bits per heavy atom. The van der Waals surface area contributed by atoms with Gasteiger partial charge in [-0.3, -0.25) is 4.79 Å². The molecule has 0 rings (SSSR count). The molecule has 8 heteroatoms. The molecule has 0 aromatic rings. The summed E-state index contributed by atoms with van der Waals surface area (Å²) in [6, 6.07) is -1.80. The van der Waals surface area contributed by atoms with Gasteiger partial charge in [0, 0.05) is 19.5 Å². The summed E-state index contributed by atoms with van der Waals surface area (Å²) in [5.41, 5.74) is 0. The van der Waals surface area contributed by atoms with Crippen LogP contribution in [0.25, 0.3) is 0 Å². The Balaban J connectivity index is 4.07. The van der Waals surface area contributed by atoms with Crippen molar-refractivity contribution in [1.82, 2.24) is 15.5 Å². The first-order valence-corrected chi connectivity index (χ1v) is 6.62. The van der Waals surface area contributed by atoms with Gasteiger partial charge in [0.1, 0.15) is 6.04 Å². The largest absolute Gasteiger partial charge is 0.481 e. The van der Waals surface area contributed by atoms with Crippen molar-refractivity contribution in [3.8, 4) is 0 Å². The van der Waals surface area contributed by atoms with E-state index in [1.165, 1.54) is 0 Å². The molecule has 0 radical (unpaired) electrons. The number of hydrogen-bond donors (Lipinski definition) is 4. The zero-order valence-electron chi connectivity index (χ0n) is 11.9. The summed E-state index contributed by atoms with van der Waals surface area (Å²) in [6.45, 7) is 6.84. The van der Waals surface area contributed by atoms with Crippen LogP contribution < -0.4 is 10.6 Å². The van der Waals surface area contributed by atoms with Crippen molar-refractivity contribution < 1.29 is 24.6 Å². The maximum atomic E-state index is 11.5. The third-order valence-electron chi connectivity index (χ3n) is 2.86. The Morgan fingerprint density at radius 3 is 2.20 bits per heavy atom. The average Bonchev–Trinajstić information content (AvgIpc) is 2.39. The van der Waals surface area contributed by atoms with Crippen LogP contribution in [0.5, 0.6) is 0 Å². The lowest BCUT2D eigenvalue weighted by Crippen LogP contribution is -2.47. The van der Waals surface area contributed by atoms with Crippen LogP contribution in [0, 0.1) is 0 Å². The lowest BCUT2D eigenvalue weighted by Gasteiger charge is -2.19. The third kappa shape index (κ3) is 8.30. The Bertz CT molecular complexity index is 331. The van der Waals surface area contributed by atoms with Gasteiger partial charge in [-0.15, -0.1) is 0 Å². The van der Waals surface area contributed by atoms with Crippen molar-refractivity contribution in [3.63, 3.8) is 0 Å². The zero-order chi connectivity index (χ0) is 15.5. The number of nitrogens with one attached hydrogen (secondary N) is 2. The summed E-state index contributed by atoms with van der Waals surface area (Å²) in [5.74, 6) is -2.34. The number of carbonyl (C=O) groups is 3. The molecule has 0 aliphatic heterocycles. The number of carbonyl (C=O) groups excluding carboxylic acids is 1. The number of rotatable bonds is 10. The molecule has 0 saturated heterocycles. The molecule has 0 bridgehead atoms. The molecular formula is C12H23N3O5. The molecule has 4 N–H and O–H groups in total. The van der Waals surface area contributed by atoms with Crippen LogP contribution in [0.15, 0.2) is 0 Å². The van der Waals surface area contributed by atoms with Crippen LogP contribution in [0.1, 0.15) is 26.7 Å². The van der Waals surface area contributed by atoms with Crippen LogP contribution in [-0.4, -0.2) is 65.3 Å². The van der Waals surface area contributed by atoms with E-state index in [1.54, 1.807) is 0 Å². The summed E-state index contributed by atoms with van der Waals surface area (Å²) in [7, 11) is 0. The molecule has 0 aromatic carbocycles. The van der Waals surface area contributed by atoms with E-state index in [2.05, 4.69) is 15.5 Å². The molecule has 0 aliphatic carbocycles. The van der Waals surface area contributed by atoms with E-state index < -0.39 is 24.0 Å². The maximum absolute atomic E-state index is 11.5. The fourth-order valence-corrected chi connectivity index (χ4v) is 1.60. The van der Waals surface area contributed by atoms with Gasteiger partial charge in [-0.1, -0.05) is 13.8 Å². The molecule has 0 fully saturated rings. The Kier molecular flexibility index (Phi) is 9.10. The normalized spacial score (nSPS) is 11.9. The van der Waals surface area contributed by atoms with Crippen molar-refractivity contribution in [2.45, 2.75) is 32.7 Å². The highest BCUT2D eigenvalue weighted by atomic mass is 16.4. The first kappa shape index (κ1) is 18.2. The van der Waals surface area contributed by atoms with Crippen molar-refractivity contribution in [1.29, 1.82) is 0 Å². The van der Waals surface area contributed by atoms with Crippen molar-refractivity contribution in [2.75, 3.05) is 26.2 Å². The van der Waals surface area contributed by atoms with Crippen LogP contribution in [0.3, 0.4) is 0 Å². The second-order valence-electron chi connectivity index (χ2n) is 4.25. The molecular weight excluding hydrogens is 266 g/mol. The van der Waals surface area contributed by atoms with E-state index in [0.29, 0.717) is 13.1 Å². The van der Waals surface area contributed by atoms with Crippen molar-refractivity contribution in [2.24, 2.45) is 0 Å². The summed E-state index contributed by atoms with van der Waals surface area (Å²) in [5, 5.41) is 22.2. The van der Waals surface area contributed by atoms with Gasteiger partial charge in [-0.05, 0) is 19.5 Å². The Hall–Kier alpha value is -1.83. The van der Waals surface area contributed by atoms with E-state index in [1.807, 2.05) is 13.8 Å². The standard InChI is InChI=1S/C12H23N3O5/c1-3-15(4-2)8-7-13-12(20)14-9(11(18)19)5-6-10(16)17/h9H,3-8H2,1-2H3,(H,16,17)(H,18,19)(H2,13,14,20). The van der Waals surface area contributed by atoms with Gasteiger partial charge in [0.05, 0.1) is 0 Å². The molecule has 2 amide bonds. The highest BCUT2D eigenvalue weighted by Crippen LogP contribution is 1.98. The van der Waals surface area contributed by atoms with Crippen LogP contribution >= 0.6 is 0 Å². The fourth-order valence-electron chi connectivity index (χ4n) is 1.60. The van der Waals surface area contributed by atoms with Crippen LogP contribution in [0.4, 0.5) is 4.79 Å². The molecule has 1 atom stereocenters. The second-order valence-corrected chi connectivity index (χ2v) is 4.25.